The Morgan fingerprint density at radius 2 is 1.05 bits per heavy atom. The molecule has 0 aromatic carbocycles. The molecule has 0 aromatic heterocycles. The highest BCUT2D eigenvalue weighted by Crippen LogP contribution is 2.43. The summed E-state index contributed by atoms with van der Waals surface area (Å²) in [5, 5.41) is 13.8. The third-order valence-corrected chi connectivity index (χ3v) is 11.0. The molecular weight excluding hydrogens is 732 g/mol. The lowest BCUT2D eigenvalue weighted by Crippen LogP contribution is -2.46. The van der Waals surface area contributed by atoms with Crippen LogP contribution in [0.2, 0.25) is 0 Å². The van der Waals surface area contributed by atoms with Crippen molar-refractivity contribution in [3.8, 4) is 0 Å². The fourth-order valence-electron chi connectivity index (χ4n) is 6.37. The van der Waals surface area contributed by atoms with Crippen molar-refractivity contribution in [2.75, 3.05) is 40.9 Å². The molecule has 0 bridgehead atoms. The average molecular weight is 822 g/mol. The van der Waals surface area contributed by atoms with Gasteiger partial charge in [0.2, 0.25) is 5.91 Å². The molecule has 0 heterocycles. The van der Waals surface area contributed by atoms with Crippen LogP contribution < -0.4 is 5.32 Å². The number of hydrogen-bond acceptors (Lipinski definition) is 5. The number of carbonyl (C=O) groups is 1. The maximum absolute atomic E-state index is 12.8. The minimum absolute atomic E-state index is 0.0720. The van der Waals surface area contributed by atoms with Crippen molar-refractivity contribution in [1.82, 2.24) is 5.32 Å². The molecule has 9 heteroatoms. The highest BCUT2D eigenvalue weighted by atomic mass is 31.2. The van der Waals surface area contributed by atoms with Gasteiger partial charge >= 0.3 is 7.82 Å². The van der Waals surface area contributed by atoms with Crippen LogP contribution in [0.15, 0.2) is 60.8 Å². The Morgan fingerprint density at radius 3 is 1.54 bits per heavy atom. The van der Waals surface area contributed by atoms with E-state index in [0.29, 0.717) is 23.9 Å². The number of aliphatic hydroxyl groups excluding tert-OH is 1. The molecule has 0 spiro atoms. The lowest BCUT2D eigenvalue weighted by Gasteiger charge is -2.26. The van der Waals surface area contributed by atoms with E-state index >= 15 is 0 Å². The summed E-state index contributed by atoms with van der Waals surface area (Å²) in [6.07, 6.45) is 51.5. The number of allylic oxidation sites excluding steroid dienone is 10. The van der Waals surface area contributed by atoms with Gasteiger partial charge in [-0.3, -0.25) is 13.8 Å². The summed E-state index contributed by atoms with van der Waals surface area (Å²) in [6, 6.07) is -0.759. The first-order valence-electron chi connectivity index (χ1n) is 23.2. The van der Waals surface area contributed by atoms with E-state index in [4.69, 9.17) is 9.05 Å². The molecule has 0 aliphatic heterocycles. The van der Waals surface area contributed by atoms with Gasteiger partial charge < -0.3 is 19.8 Å². The Morgan fingerprint density at radius 1 is 0.614 bits per heavy atom. The summed E-state index contributed by atoms with van der Waals surface area (Å²) < 4.78 is 23.5. The minimum Gasteiger partial charge on any atom is -0.391 e. The molecule has 0 aliphatic rings. The number of rotatable bonds is 41. The van der Waals surface area contributed by atoms with Crippen LogP contribution in [0, 0.1) is 0 Å². The van der Waals surface area contributed by atoms with Crippen molar-refractivity contribution < 1.29 is 32.9 Å². The van der Waals surface area contributed by atoms with E-state index in [1.807, 2.05) is 21.1 Å². The van der Waals surface area contributed by atoms with Crippen LogP contribution in [-0.4, -0.2) is 73.4 Å². The summed E-state index contributed by atoms with van der Waals surface area (Å²) >= 11 is 0. The third-order valence-electron chi connectivity index (χ3n) is 10.0. The quantitative estimate of drug-likeness (QED) is 0.0245. The molecule has 3 atom stereocenters. The van der Waals surface area contributed by atoms with Gasteiger partial charge in [-0.2, -0.15) is 0 Å². The zero-order chi connectivity index (χ0) is 42.1. The Bertz CT molecular complexity index is 1110. The third kappa shape index (κ3) is 42.1. The number of nitrogens with one attached hydrogen (secondary N) is 1. The van der Waals surface area contributed by atoms with Gasteiger partial charge in [-0.1, -0.05) is 184 Å². The molecule has 0 aliphatic carbocycles. The summed E-state index contributed by atoms with van der Waals surface area (Å²) in [5.74, 6) is -0.154. The zero-order valence-electron chi connectivity index (χ0n) is 37.6. The van der Waals surface area contributed by atoms with Gasteiger partial charge in [0.25, 0.3) is 0 Å². The smallest absolute Gasteiger partial charge is 0.391 e. The Labute approximate surface area is 351 Å². The molecule has 0 saturated carbocycles. The van der Waals surface area contributed by atoms with E-state index in [0.717, 1.165) is 70.6 Å². The fraction of sp³-hybridized carbons (Fsp3) is 0.771. The topological polar surface area (TPSA) is 105 Å². The van der Waals surface area contributed by atoms with Crippen molar-refractivity contribution in [2.45, 2.75) is 199 Å². The number of aliphatic hydroxyl groups is 1. The second-order valence-electron chi connectivity index (χ2n) is 16.8. The van der Waals surface area contributed by atoms with E-state index in [1.165, 1.54) is 89.9 Å². The second kappa shape index (κ2) is 39.6. The maximum Gasteiger partial charge on any atom is 0.472 e. The van der Waals surface area contributed by atoms with Gasteiger partial charge in [0.15, 0.2) is 0 Å². The molecule has 57 heavy (non-hydrogen) atoms. The molecule has 0 saturated heterocycles. The zero-order valence-corrected chi connectivity index (χ0v) is 38.5. The lowest BCUT2D eigenvalue weighted by atomic mass is 10.0. The summed E-state index contributed by atoms with van der Waals surface area (Å²) in [7, 11) is 1.60. The van der Waals surface area contributed by atoms with Crippen LogP contribution >= 0.6 is 7.82 Å². The first kappa shape index (κ1) is 55.2. The van der Waals surface area contributed by atoms with Crippen LogP contribution in [0.5, 0.6) is 0 Å². The van der Waals surface area contributed by atoms with Crippen molar-refractivity contribution in [3.05, 3.63) is 60.8 Å². The average Bonchev–Trinajstić information content (AvgIpc) is 3.16. The number of carbonyl (C=O) groups excluding carboxylic acids is 1. The van der Waals surface area contributed by atoms with E-state index in [-0.39, 0.29) is 19.1 Å². The Hall–Kier alpha value is -1.80. The predicted molar refractivity (Wildman–Crippen MR) is 244 cm³/mol. The Balaban J connectivity index is 3.99. The van der Waals surface area contributed by atoms with Gasteiger partial charge in [0.05, 0.1) is 39.9 Å². The number of unbranched alkanes of at least 4 members (excludes halogenated alkanes) is 18. The van der Waals surface area contributed by atoms with Crippen LogP contribution in [0.3, 0.4) is 0 Å². The van der Waals surface area contributed by atoms with Crippen molar-refractivity contribution in [2.24, 2.45) is 0 Å². The molecule has 0 radical (unpaired) electrons. The number of amides is 1. The van der Waals surface area contributed by atoms with Crippen LogP contribution in [0.4, 0.5) is 0 Å². The molecule has 8 nitrogen and oxygen atoms in total. The largest absolute Gasteiger partial charge is 0.472 e. The fourth-order valence-corrected chi connectivity index (χ4v) is 7.10. The SMILES string of the molecule is CC/C=C\C/C=C\C/C=C\C/C=C\C/C=C\CCCCCCCCCCCCCCCC(=O)NC(COP(=O)(O)OCC[N+](C)(C)C)C(O)CCCCCCCC. The summed E-state index contributed by atoms with van der Waals surface area (Å²) in [4.78, 5) is 23.0. The van der Waals surface area contributed by atoms with Gasteiger partial charge in [-0.05, 0) is 57.8 Å². The van der Waals surface area contributed by atoms with Crippen LogP contribution in [0.1, 0.15) is 187 Å². The number of hydrogen-bond donors (Lipinski definition) is 3. The van der Waals surface area contributed by atoms with Gasteiger partial charge in [-0.25, -0.2) is 4.57 Å². The molecule has 0 aromatic rings. The molecule has 3 N–H and O–H groups in total. The second-order valence-corrected chi connectivity index (χ2v) is 18.2. The van der Waals surface area contributed by atoms with Crippen molar-refractivity contribution in [1.29, 1.82) is 0 Å². The van der Waals surface area contributed by atoms with E-state index in [1.54, 1.807) is 0 Å². The summed E-state index contributed by atoms with van der Waals surface area (Å²) in [5.41, 5.74) is 0. The molecule has 1 amide bonds. The van der Waals surface area contributed by atoms with E-state index in [9.17, 15) is 19.4 Å². The van der Waals surface area contributed by atoms with Crippen LogP contribution in [0.25, 0.3) is 0 Å². The number of phosphoric ester groups is 1. The lowest BCUT2D eigenvalue weighted by molar-refractivity contribution is -0.870. The standard InChI is InChI=1S/C48H89N2O6P/c1-6-8-10-12-14-15-16-17-18-19-20-21-22-23-24-25-26-27-28-29-30-31-32-33-34-35-36-38-40-42-48(52)49-46(47(51)41-39-37-13-11-9-7-2)45-56-57(53,54)55-44-43-50(3,4)5/h8,10,14-15,17-18,20-21,23-24,46-47,51H,6-7,9,11-13,16,19,22,25-45H2,1-5H3,(H-,49,52,53,54)/p+1/b10-8-,15-14-,18-17-,21-20-,24-23-. The number of nitrogens with zero attached hydrogens (tertiary/aromatic N) is 1. The van der Waals surface area contributed by atoms with Crippen molar-refractivity contribution >= 4 is 13.7 Å². The number of phosphoric acid groups is 1. The number of likely N-dealkylation sites (N-methyl/N-ethyl adjacent to an activating group) is 1. The molecule has 3 unspecified atom stereocenters. The van der Waals surface area contributed by atoms with E-state index in [2.05, 4.69) is 79.9 Å². The highest BCUT2D eigenvalue weighted by Gasteiger charge is 2.28. The monoisotopic (exact) mass is 822 g/mol. The van der Waals surface area contributed by atoms with Crippen molar-refractivity contribution in [3.63, 3.8) is 0 Å². The first-order chi connectivity index (χ1) is 27.5. The molecule has 0 fully saturated rings. The minimum atomic E-state index is -4.30. The molecule has 0 rings (SSSR count). The van der Waals surface area contributed by atoms with Crippen LogP contribution in [-0.2, 0) is 18.4 Å². The maximum atomic E-state index is 12.8. The molecule has 332 valence electrons. The normalized spacial score (nSPS) is 14.9. The first-order valence-corrected chi connectivity index (χ1v) is 24.6. The molecular formula is C48H90N2O6P+. The number of quaternary nitrogens is 1. The van der Waals surface area contributed by atoms with E-state index < -0.39 is 20.0 Å². The summed E-state index contributed by atoms with van der Waals surface area (Å²) in [6.45, 7) is 4.69. The van der Waals surface area contributed by atoms with Gasteiger partial charge in [0.1, 0.15) is 13.2 Å². The Kier molecular flexibility index (Phi) is 38.4. The van der Waals surface area contributed by atoms with Gasteiger partial charge in [-0.15, -0.1) is 0 Å². The predicted octanol–water partition coefficient (Wildman–Crippen LogP) is 13.0. The highest BCUT2D eigenvalue weighted by molar-refractivity contribution is 7.47. The van der Waals surface area contributed by atoms with Gasteiger partial charge in [0, 0.05) is 6.42 Å².